The van der Waals surface area contributed by atoms with Crippen LogP contribution < -0.4 is 244 Å². The van der Waals surface area contributed by atoms with E-state index in [0.29, 0.717) is 35.6 Å². The first-order valence-corrected chi connectivity index (χ1v) is 16.8. The molecule has 4 aromatic rings. The molecule has 14 nitrogen and oxygen atoms in total. The number of aliphatic hydroxyl groups is 2. The molecule has 2 aliphatic rings. The van der Waals surface area contributed by atoms with Gasteiger partial charge in [-0.3, -0.25) is 19.5 Å². The molecule has 8 N–H and O–H groups in total. The normalized spacial score (nSPS) is 26.2. The molecular weight excluding hydrogens is 938 g/mol. The van der Waals surface area contributed by atoms with Gasteiger partial charge in [-0.05, 0) is 25.7 Å². The van der Waals surface area contributed by atoms with Crippen molar-refractivity contribution in [3.8, 4) is 0 Å². The van der Waals surface area contributed by atoms with Gasteiger partial charge in [0.2, 0.25) is 11.9 Å². The standard InChI is InChI=1S/C14H21N5O3Si.C14H19N5OSi.4Rb/c1-3-8-9(23-22)4-10(14(8,21)5-20)19-6-16-11-7(2)17-13(15)18-12(11)19;1-4-9-7(2)10(5-11(9)21-20)19-6-16-12-8(3)17-14(15)18-13(12)19;;;;/h6,8-10,20-22H,3-5H2,1-2H3,(H2,15,17,18);6,9-11,20H,2,4-5H2,1,3H3,(H2,15,17,18);;;;/q2*-1;4*+1/t8-,9+,10+,14+;9-,10-,11-;;;;/m10..../s1. The maximum atomic E-state index is 11.1. The number of imidazole rings is 2. The van der Waals surface area contributed by atoms with Crippen LogP contribution in [-0.2, 0) is 0 Å². The third-order valence-corrected chi connectivity index (χ3v) is 11.4. The molecule has 0 unspecified atom stereocenters. The topological polar surface area (TPSA) is 220 Å². The summed E-state index contributed by atoms with van der Waals surface area (Å²) in [5, 5.41) is 21.0. The molecule has 0 aromatic carbocycles. The average molecular weight is 979 g/mol. The summed E-state index contributed by atoms with van der Waals surface area (Å²) in [5.74, 6) is 0.586. The molecule has 6 rings (SSSR count). The Morgan fingerprint density at radius 2 is 1.33 bits per heavy atom. The molecule has 4 heterocycles. The van der Waals surface area contributed by atoms with Gasteiger partial charge in [0.05, 0.1) is 42.7 Å². The largest absolute Gasteiger partial charge is 1.00 e. The first-order chi connectivity index (χ1) is 21.0. The van der Waals surface area contributed by atoms with E-state index in [4.69, 9.17) is 11.5 Å². The van der Waals surface area contributed by atoms with E-state index in [9.17, 15) is 19.8 Å². The molecule has 4 aromatic heterocycles. The monoisotopic (exact) mass is 976 g/mol. The number of aromatic nitrogens is 8. The minimum Gasteiger partial charge on any atom is -0.634 e. The Morgan fingerprint density at radius 1 is 0.833 bits per heavy atom. The Morgan fingerprint density at radius 3 is 1.77 bits per heavy atom. The van der Waals surface area contributed by atoms with Crippen LogP contribution >= 0.6 is 0 Å². The van der Waals surface area contributed by atoms with Crippen molar-refractivity contribution in [2.24, 2.45) is 11.8 Å². The number of anilines is 2. The number of allylic oxidation sites excluding steroid dienone is 1. The van der Waals surface area contributed by atoms with Crippen molar-refractivity contribution in [3.63, 3.8) is 0 Å². The molecule has 2 saturated carbocycles. The van der Waals surface area contributed by atoms with E-state index < -0.39 is 11.6 Å². The van der Waals surface area contributed by atoms with Gasteiger partial charge in [0.15, 0.2) is 11.3 Å². The quantitative estimate of drug-likeness (QED) is 0.0752. The first kappa shape index (κ1) is 50.0. The van der Waals surface area contributed by atoms with E-state index in [-0.39, 0.29) is 294 Å². The van der Waals surface area contributed by atoms with E-state index >= 15 is 0 Å². The summed E-state index contributed by atoms with van der Waals surface area (Å²) < 4.78 is 3.80. The summed E-state index contributed by atoms with van der Waals surface area (Å²) in [6.45, 7) is 11.7. The van der Waals surface area contributed by atoms with Gasteiger partial charge in [-0.15, -0.1) is 0 Å². The summed E-state index contributed by atoms with van der Waals surface area (Å²) >= 11 is 0. The maximum Gasteiger partial charge on any atom is 1.00 e. The van der Waals surface area contributed by atoms with Gasteiger partial charge in [0, 0.05) is 0 Å². The molecule has 2 radical (unpaired) electrons. The number of aliphatic hydroxyl groups excluding tert-OH is 1. The molecule has 7 atom stereocenters. The van der Waals surface area contributed by atoms with Crippen molar-refractivity contribution in [2.45, 2.75) is 82.1 Å². The average Bonchev–Trinajstić information content (AvgIpc) is 3.75. The molecular formula is C28H40N10O4Rb4Si2+2. The summed E-state index contributed by atoms with van der Waals surface area (Å²) in [5.41, 5.74) is 15.7. The van der Waals surface area contributed by atoms with Gasteiger partial charge in [-0.2, -0.15) is 21.1 Å². The second-order valence-corrected chi connectivity index (χ2v) is 13.7. The number of nitrogen functional groups attached to an aromatic ring is 2. The zero-order valence-corrected chi connectivity index (χ0v) is 51.0. The van der Waals surface area contributed by atoms with Crippen molar-refractivity contribution in [1.29, 1.82) is 0 Å². The molecule has 0 aliphatic heterocycles. The second kappa shape index (κ2) is 22.0. The summed E-state index contributed by atoms with van der Waals surface area (Å²) in [7, 11) is -0.336. The maximum absolute atomic E-state index is 11.1. The number of aryl methyl sites for hydroxylation is 2. The van der Waals surface area contributed by atoms with E-state index in [0.717, 1.165) is 35.3 Å². The van der Waals surface area contributed by atoms with Crippen molar-refractivity contribution in [2.75, 3.05) is 18.1 Å². The van der Waals surface area contributed by atoms with E-state index in [1.54, 1.807) is 24.1 Å². The van der Waals surface area contributed by atoms with Crippen molar-refractivity contribution in [3.05, 3.63) is 36.2 Å². The van der Waals surface area contributed by atoms with Crippen LogP contribution in [0, 0.1) is 25.7 Å². The van der Waals surface area contributed by atoms with Crippen molar-refractivity contribution < 1.29 is 253 Å². The smallest absolute Gasteiger partial charge is 0.634 e. The summed E-state index contributed by atoms with van der Waals surface area (Å²) in [6.07, 6.45) is 6.49. The molecule has 0 amide bonds. The van der Waals surface area contributed by atoms with Crippen LogP contribution in [0.15, 0.2) is 24.8 Å². The van der Waals surface area contributed by atoms with Crippen LogP contribution in [-0.4, -0.2) is 90.6 Å². The minimum atomic E-state index is -1.32. The Hall–Kier alpha value is 3.93. The number of nitrogens with two attached hydrogens (primary N) is 2. The number of fused-ring (bicyclic) bond motifs is 2. The van der Waals surface area contributed by atoms with Gasteiger partial charge in [-0.1, -0.05) is 51.7 Å². The van der Waals surface area contributed by atoms with E-state index in [1.165, 1.54) is 0 Å². The fourth-order valence-electron chi connectivity index (χ4n) is 7.22. The molecule has 236 valence electrons. The fraction of sp³-hybridized carbons (Fsp3) is 0.571. The van der Waals surface area contributed by atoms with Crippen LogP contribution in [0.25, 0.3) is 22.3 Å². The number of hydrogen-bond donors (Lipinski definition) is 6. The Kier molecular flexibility index (Phi) is 22.9. The second-order valence-electron chi connectivity index (χ2n) is 11.7. The zero-order chi connectivity index (χ0) is 31.9. The number of nitrogens with zero attached hydrogens (tertiary/aromatic N) is 8. The zero-order valence-electron chi connectivity index (χ0n) is 29.4. The number of hydrogen-bond acceptors (Lipinski definition) is 12. The first-order valence-electron chi connectivity index (χ1n) is 14.8. The molecule has 0 saturated heterocycles. The van der Waals surface area contributed by atoms with Crippen LogP contribution in [0.5, 0.6) is 0 Å². The summed E-state index contributed by atoms with van der Waals surface area (Å²) in [4.78, 5) is 44.9. The fourth-order valence-corrected chi connectivity index (χ4v) is 9.21. The number of rotatable bonds is 7. The van der Waals surface area contributed by atoms with Crippen molar-refractivity contribution >= 4 is 53.8 Å². The van der Waals surface area contributed by atoms with Gasteiger partial charge in [-0.25, -0.2) is 19.9 Å². The van der Waals surface area contributed by atoms with Crippen LogP contribution in [0.2, 0.25) is 11.1 Å². The Bertz CT molecular complexity index is 1680. The third kappa shape index (κ3) is 10.1. The van der Waals surface area contributed by atoms with Gasteiger partial charge in [0.25, 0.3) is 0 Å². The Labute approximate surface area is 481 Å². The van der Waals surface area contributed by atoms with E-state index in [2.05, 4.69) is 43.4 Å². The third-order valence-electron chi connectivity index (χ3n) is 9.41. The molecule has 2 fully saturated rings. The van der Waals surface area contributed by atoms with Crippen LogP contribution in [0.1, 0.15) is 63.0 Å². The van der Waals surface area contributed by atoms with Crippen LogP contribution in [0.3, 0.4) is 0 Å². The predicted octanol–water partition coefficient (Wildman–Crippen LogP) is -10.5. The predicted molar refractivity (Wildman–Crippen MR) is 168 cm³/mol. The van der Waals surface area contributed by atoms with Crippen LogP contribution in [0.4, 0.5) is 11.9 Å². The molecule has 0 bridgehead atoms. The SMILES string of the molecule is C=C1[C@H](CC)[C@@H]([Si-]O)C[C@@H]1n1cnc2c(C)nc(N)nc21.CC[C@@H]1[C@@H]([Si-]O)C[C@H](n2cnc3c(C)nc(N)nc32)[C@]1(O)CO.[Rb+].[Rb+].[Rb+].[Rb+]. The molecule has 48 heavy (non-hydrogen) atoms. The van der Waals surface area contributed by atoms with E-state index in [1.807, 2.05) is 18.4 Å². The minimum absolute atomic E-state index is 0. The molecule has 20 heteroatoms. The van der Waals surface area contributed by atoms with Gasteiger partial charge in [0.1, 0.15) is 16.6 Å². The van der Waals surface area contributed by atoms with Gasteiger partial charge >= 0.3 is 233 Å². The summed E-state index contributed by atoms with van der Waals surface area (Å²) in [6, 6.07) is -0.293. The molecule has 0 spiro atoms. The van der Waals surface area contributed by atoms with Gasteiger partial charge < -0.3 is 40.4 Å². The molecule has 2 aliphatic carbocycles. The Balaban J connectivity index is 0.000000444. The van der Waals surface area contributed by atoms with Crippen molar-refractivity contribution in [1.82, 2.24) is 39.0 Å².